The van der Waals surface area contributed by atoms with Crippen LogP contribution in [0.4, 0.5) is 4.39 Å². The number of piperidine rings is 1. The zero-order chi connectivity index (χ0) is 24.4. The number of fused-ring (bicyclic) bond motifs is 1. The van der Waals surface area contributed by atoms with Gasteiger partial charge in [-0.3, -0.25) is 14.6 Å². The lowest BCUT2D eigenvalue weighted by Gasteiger charge is -2.33. The summed E-state index contributed by atoms with van der Waals surface area (Å²) in [5.41, 5.74) is 4.37. The van der Waals surface area contributed by atoms with Crippen molar-refractivity contribution in [3.63, 3.8) is 0 Å². The van der Waals surface area contributed by atoms with Gasteiger partial charge in [-0.2, -0.15) is 0 Å². The van der Waals surface area contributed by atoms with Crippen LogP contribution in [0.1, 0.15) is 37.3 Å². The number of benzene rings is 2. The minimum absolute atomic E-state index is 0.0240. The van der Waals surface area contributed by atoms with E-state index in [9.17, 15) is 14.0 Å². The van der Waals surface area contributed by atoms with Gasteiger partial charge in [-0.15, -0.1) is 0 Å². The third-order valence-electron chi connectivity index (χ3n) is 6.44. The number of nitrogens with zero attached hydrogens (tertiary/aromatic N) is 2. The summed E-state index contributed by atoms with van der Waals surface area (Å²) < 4.78 is 19.8. The summed E-state index contributed by atoms with van der Waals surface area (Å²) in [6, 6.07) is 10.5. The number of carboxylic acids is 1. The molecule has 178 valence electrons. The molecule has 2 heterocycles. The number of aromatic nitrogens is 1. The zero-order valence-corrected chi connectivity index (χ0v) is 19.7. The maximum Gasteiger partial charge on any atom is 0.303 e. The summed E-state index contributed by atoms with van der Waals surface area (Å²) in [7, 11) is 0. The van der Waals surface area contributed by atoms with E-state index in [-0.39, 0.29) is 24.1 Å². The van der Waals surface area contributed by atoms with Crippen LogP contribution in [0.5, 0.6) is 5.75 Å². The minimum Gasteiger partial charge on any atom is -0.481 e. The molecule has 34 heavy (non-hydrogen) atoms. The Bertz CT molecular complexity index is 1220. The molecule has 0 spiro atoms. The maximum absolute atomic E-state index is 13.8. The second-order valence-corrected chi connectivity index (χ2v) is 9.10. The summed E-state index contributed by atoms with van der Waals surface area (Å²) in [5, 5.41) is 9.98. The molecule has 6 nitrogen and oxygen atoms in total. The molecule has 1 amide bonds. The molecule has 4 rings (SSSR count). The second kappa shape index (κ2) is 9.79. The lowest BCUT2D eigenvalue weighted by molar-refractivity contribution is -0.143. The zero-order valence-electron chi connectivity index (χ0n) is 19.7. The Morgan fingerprint density at radius 3 is 2.65 bits per heavy atom. The van der Waals surface area contributed by atoms with E-state index < -0.39 is 12.1 Å². The Kier molecular flexibility index (Phi) is 6.82. The summed E-state index contributed by atoms with van der Waals surface area (Å²) in [4.78, 5) is 30.2. The van der Waals surface area contributed by atoms with Gasteiger partial charge in [0, 0.05) is 37.2 Å². The Balaban J connectivity index is 1.54. The number of pyridine rings is 1. The number of amides is 1. The van der Waals surface area contributed by atoms with Gasteiger partial charge in [0.15, 0.2) is 6.10 Å². The number of aryl methyl sites for hydroxylation is 2. The number of hydrogen-bond acceptors (Lipinski definition) is 4. The summed E-state index contributed by atoms with van der Waals surface area (Å²) in [5.74, 6) is -0.727. The fourth-order valence-electron chi connectivity index (χ4n) is 4.95. The maximum atomic E-state index is 13.8. The molecular formula is C27H29FN2O4. The molecule has 7 heteroatoms. The monoisotopic (exact) mass is 464 g/mol. The van der Waals surface area contributed by atoms with Crippen LogP contribution in [0.15, 0.2) is 42.6 Å². The van der Waals surface area contributed by atoms with Crippen LogP contribution in [0, 0.1) is 25.6 Å². The van der Waals surface area contributed by atoms with Crippen LogP contribution >= 0.6 is 0 Å². The molecule has 0 radical (unpaired) electrons. The first-order chi connectivity index (χ1) is 16.2. The predicted octanol–water partition coefficient (Wildman–Crippen LogP) is 5.14. The predicted molar refractivity (Wildman–Crippen MR) is 128 cm³/mol. The van der Waals surface area contributed by atoms with Gasteiger partial charge in [0.2, 0.25) is 0 Å². The molecule has 1 aliphatic rings. The lowest BCUT2D eigenvalue weighted by atomic mass is 9.93. The number of carbonyl (C=O) groups excluding carboxylic acids is 1. The molecule has 0 saturated carbocycles. The van der Waals surface area contributed by atoms with Gasteiger partial charge >= 0.3 is 5.97 Å². The topological polar surface area (TPSA) is 79.7 Å². The van der Waals surface area contributed by atoms with Gasteiger partial charge < -0.3 is 14.7 Å². The van der Waals surface area contributed by atoms with Crippen molar-refractivity contribution in [3.8, 4) is 16.9 Å². The highest BCUT2D eigenvalue weighted by atomic mass is 19.1. The van der Waals surface area contributed by atoms with Crippen molar-refractivity contribution in [2.45, 2.75) is 46.1 Å². The molecule has 2 atom stereocenters. The Labute approximate surface area is 198 Å². The largest absolute Gasteiger partial charge is 0.481 e. The lowest BCUT2D eigenvalue weighted by Crippen LogP contribution is -2.46. The third kappa shape index (κ3) is 5.03. The van der Waals surface area contributed by atoms with E-state index in [1.165, 1.54) is 12.1 Å². The van der Waals surface area contributed by atoms with Crippen LogP contribution in [0.3, 0.4) is 0 Å². The summed E-state index contributed by atoms with van der Waals surface area (Å²) in [6.45, 7) is 6.55. The van der Waals surface area contributed by atoms with Crippen LogP contribution in [-0.4, -0.2) is 46.1 Å². The number of carboxylic acid groups (broad SMARTS) is 1. The SMILES string of the molecule is Cc1cc(F)cc(C)c1-c1ccnc2cc(OC(C)C(=O)N3CCC[C@H](CC(=O)O)C3)ccc12. The van der Waals surface area contributed by atoms with Gasteiger partial charge in [0.25, 0.3) is 5.91 Å². The first-order valence-electron chi connectivity index (χ1n) is 11.6. The van der Waals surface area contributed by atoms with E-state index in [0.29, 0.717) is 18.8 Å². The number of aliphatic carboxylic acids is 1. The number of ether oxygens (including phenoxy) is 1. The molecule has 1 saturated heterocycles. The van der Waals surface area contributed by atoms with Crippen LogP contribution in [0.2, 0.25) is 0 Å². The highest BCUT2D eigenvalue weighted by Gasteiger charge is 2.29. The quantitative estimate of drug-likeness (QED) is 0.547. The van der Waals surface area contributed by atoms with Gasteiger partial charge in [0.05, 0.1) is 5.52 Å². The smallest absolute Gasteiger partial charge is 0.303 e. The van der Waals surface area contributed by atoms with Crippen molar-refractivity contribution >= 4 is 22.8 Å². The number of rotatable bonds is 6. The number of hydrogen-bond donors (Lipinski definition) is 1. The molecule has 0 bridgehead atoms. The minimum atomic E-state index is -0.836. The van der Waals surface area contributed by atoms with Crippen molar-refractivity contribution in [2.24, 2.45) is 5.92 Å². The van der Waals surface area contributed by atoms with E-state index >= 15 is 0 Å². The Morgan fingerprint density at radius 2 is 1.94 bits per heavy atom. The highest BCUT2D eigenvalue weighted by molar-refractivity contribution is 5.96. The first-order valence-corrected chi connectivity index (χ1v) is 11.6. The van der Waals surface area contributed by atoms with Crippen molar-refractivity contribution in [2.75, 3.05) is 13.1 Å². The van der Waals surface area contributed by atoms with Gasteiger partial charge in [-0.1, -0.05) is 0 Å². The number of carbonyl (C=O) groups is 2. The van der Waals surface area contributed by atoms with Gasteiger partial charge in [-0.05, 0) is 92.1 Å². The molecule has 2 aromatic carbocycles. The molecule has 1 unspecified atom stereocenters. The van der Waals surface area contributed by atoms with Gasteiger partial charge in [-0.25, -0.2) is 4.39 Å². The molecule has 1 aromatic heterocycles. The van der Waals surface area contributed by atoms with Crippen LogP contribution < -0.4 is 4.74 Å². The van der Waals surface area contributed by atoms with Gasteiger partial charge in [0.1, 0.15) is 11.6 Å². The number of likely N-dealkylation sites (tertiary alicyclic amines) is 1. The highest BCUT2D eigenvalue weighted by Crippen LogP contribution is 2.34. The Hall–Kier alpha value is -3.48. The summed E-state index contributed by atoms with van der Waals surface area (Å²) >= 11 is 0. The van der Waals surface area contributed by atoms with Crippen molar-refractivity contribution in [1.82, 2.24) is 9.88 Å². The van der Waals surface area contributed by atoms with Crippen LogP contribution in [-0.2, 0) is 9.59 Å². The fraction of sp³-hybridized carbons (Fsp3) is 0.370. The van der Waals surface area contributed by atoms with E-state index in [2.05, 4.69) is 4.98 Å². The molecule has 0 aliphatic carbocycles. The van der Waals surface area contributed by atoms with E-state index in [1.807, 2.05) is 32.0 Å². The average Bonchev–Trinajstić information content (AvgIpc) is 2.77. The van der Waals surface area contributed by atoms with Crippen LogP contribution in [0.25, 0.3) is 22.0 Å². The van der Waals surface area contributed by atoms with E-state index in [0.717, 1.165) is 46.0 Å². The van der Waals surface area contributed by atoms with Crippen molar-refractivity contribution in [1.29, 1.82) is 0 Å². The normalized spacial score (nSPS) is 16.9. The molecule has 3 aromatic rings. The van der Waals surface area contributed by atoms with E-state index in [4.69, 9.17) is 9.84 Å². The molecule has 1 fully saturated rings. The van der Waals surface area contributed by atoms with E-state index in [1.54, 1.807) is 24.1 Å². The number of halogens is 1. The molecular weight excluding hydrogens is 435 g/mol. The van der Waals surface area contributed by atoms with Crippen molar-refractivity contribution in [3.05, 3.63) is 59.5 Å². The third-order valence-corrected chi connectivity index (χ3v) is 6.44. The molecule has 1 aliphatic heterocycles. The van der Waals surface area contributed by atoms with Crippen molar-refractivity contribution < 1.29 is 23.8 Å². The second-order valence-electron chi connectivity index (χ2n) is 9.10. The first kappa shape index (κ1) is 23.7. The Morgan fingerprint density at radius 1 is 1.21 bits per heavy atom. The average molecular weight is 465 g/mol. The molecule has 1 N–H and O–H groups in total. The standard InChI is InChI=1S/C27H29FN2O4/c1-16-11-20(28)12-17(2)26(16)23-8-9-29-24-14-21(6-7-22(23)24)34-18(3)27(33)30-10-4-5-19(15-30)13-25(31)32/h6-9,11-12,14,18-19H,4-5,10,13,15H2,1-3H3,(H,31,32)/t18?,19-/m1/s1. The fourth-order valence-corrected chi connectivity index (χ4v) is 4.95. The summed E-state index contributed by atoms with van der Waals surface area (Å²) in [6.07, 6.45) is 2.70.